The lowest BCUT2D eigenvalue weighted by atomic mass is 10.2. The van der Waals surface area contributed by atoms with Gasteiger partial charge in [-0.3, -0.25) is 4.99 Å². The number of nitrogens with zero attached hydrogens (tertiary/aromatic N) is 1. The van der Waals surface area contributed by atoms with E-state index in [0.29, 0.717) is 11.3 Å². The lowest BCUT2D eigenvalue weighted by Gasteiger charge is -2.04. The van der Waals surface area contributed by atoms with Crippen molar-refractivity contribution in [2.75, 3.05) is 0 Å². The first-order chi connectivity index (χ1) is 12.1. The maximum absolute atomic E-state index is 12.1. The monoisotopic (exact) mass is 393 g/mol. The van der Waals surface area contributed by atoms with Crippen LogP contribution in [0, 0.1) is 6.92 Å². The molecular formula is C21H16BrNO2. The molecule has 0 spiro atoms. The molecule has 3 aromatic rings. The fraction of sp³-hybridized carbons (Fsp3) is 0.0476. The average Bonchev–Trinajstić information content (AvgIpc) is 2.63. The minimum atomic E-state index is -0.392. The number of aliphatic imine (C=N–C) groups is 1. The van der Waals surface area contributed by atoms with Crippen molar-refractivity contribution >= 4 is 33.8 Å². The minimum Gasteiger partial charge on any atom is -0.423 e. The van der Waals surface area contributed by atoms with E-state index in [1.54, 1.807) is 42.6 Å². The number of carbonyl (C=O) groups excluding carboxylic acids is 1. The van der Waals surface area contributed by atoms with Crippen LogP contribution in [0.3, 0.4) is 0 Å². The molecule has 0 aliphatic rings. The lowest BCUT2D eigenvalue weighted by molar-refractivity contribution is 0.0735. The van der Waals surface area contributed by atoms with Crippen LogP contribution in [0.1, 0.15) is 21.5 Å². The van der Waals surface area contributed by atoms with Crippen LogP contribution in [0.4, 0.5) is 5.69 Å². The van der Waals surface area contributed by atoms with Crippen LogP contribution < -0.4 is 4.74 Å². The Bertz CT molecular complexity index is 883. The van der Waals surface area contributed by atoms with E-state index in [-0.39, 0.29) is 0 Å². The summed E-state index contributed by atoms with van der Waals surface area (Å²) in [6, 6.07) is 22.3. The second kappa shape index (κ2) is 7.90. The molecule has 0 amide bonds. The number of carbonyl (C=O) groups is 1. The summed E-state index contributed by atoms with van der Waals surface area (Å²) in [5.74, 6) is 0.117. The van der Waals surface area contributed by atoms with Gasteiger partial charge in [-0.1, -0.05) is 45.8 Å². The first-order valence-corrected chi connectivity index (χ1v) is 8.58. The molecule has 25 heavy (non-hydrogen) atoms. The molecule has 0 heterocycles. The van der Waals surface area contributed by atoms with E-state index in [1.165, 1.54) is 5.56 Å². The number of hydrogen-bond donors (Lipinski definition) is 0. The smallest absolute Gasteiger partial charge is 0.343 e. The third kappa shape index (κ3) is 4.88. The van der Waals surface area contributed by atoms with Crippen LogP contribution in [-0.4, -0.2) is 12.2 Å². The molecule has 0 aromatic heterocycles. The van der Waals surface area contributed by atoms with Crippen LogP contribution >= 0.6 is 15.9 Å². The summed E-state index contributed by atoms with van der Waals surface area (Å²) in [4.78, 5) is 16.6. The Labute approximate surface area is 155 Å². The summed E-state index contributed by atoms with van der Waals surface area (Å²) in [7, 11) is 0. The van der Waals surface area contributed by atoms with E-state index in [4.69, 9.17) is 4.74 Å². The molecule has 0 aliphatic carbocycles. The number of rotatable bonds is 4. The number of ether oxygens (including phenoxy) is 1. The first-order valence-electron chi connectivity index (χ1n) is 7.79. The van der Waals surface area contributed by atoms with Crippen LogP contribution in [0.2, 0.25) is 0 Å². The van der Waals surface area contributed by atoms with Gasteiger partial charge in [0, 0.05) is 10.7 Å². The molecule has 0 atom stereocenters. The summed E-state index contributed by atoms with van der Waals surface area (Å²) in [5, 5.41) is 0. The topological polar surface area (TPSA) is 38.7 Å². The van der Waals surface area contributed by atoms with Gasteiger partial charge in [0.1, 0.15) is 5.75 Å². The number of aryl methyl sites for hydroxylation is 1. The van der Waals surface area contributed by atoms with Gasteiger partial charge in [0.15, 0.2) is 0 Å². The van der Waals surface area contributed by atoms with Gasteiger partial charge in [0.25, 0.3) is 0 Å². The first kappa shape index (κ1) is 17.1. The zero-order chi connectivity index (χ0) is 17.6. The van der Waals surface area contributed by atoms with Crippen molar-refractivity contribution in [2.45, 2.75) is 6.92 Å². The molecule has 124 valence electrons. The summed E-state index contributed by atoms with van der Waals surface area (Å²) >= 11 is 3.35. The van der Waals surface area contributed by atoms with Crippen molar-refractivity contribution in [3.8, 4) is 5.75 Å². The fourth-order valence-electron chi connectivity index (χ4n) is 2.15. The molecule has 4 heteroatoms. The number of benzene rings is 3. The normalized spacial score (nSPS) is 10.8. The standard InChI is InChI=1S/C21H16BrNO2/c1-15-2-4-16(5-3-15)14-23-19-10-6-17(7-11-19)21(24)25-20-12-8-18(22)9-13-20/h2-14H,1H3. The van der Waals surface area contributed by atoms with Gasteiger partial charge in [-0.15, -0.1) is 0 Å². The second-order valence-corrected chi connectivity index (χ2v) is 6.47. The lowest BCUT2D eigenvalue weighted by Crippen LogP contribution is -2.07. The predicted molar refractivity (Wildman–Crippen MR) is 104 cm³/mol. The highest BCUT2D eigenvalue weighted by atomic mass is 79.9. The number of halogens is 1. The second-order valence-electron chi connectivity index (χ2n) is 5.56. The zero-order valence-corrected chi connectivity index (χ0v) is 15.2. The summed E-state index contributed by atoms with van der Waals surface area (Å²) in [6.07, 6.45) is 1.80. The Morgan fingerprint density at radius 3 is 2.20 bits per heavy atom. The number of hydrogen-bond acceptors (Lipinski definition) is 3. The van der Waals surface area contributed by atoms with E-state index in [0.717, 1.165) is 15.7 Å². The predicted octanol–water partition coefficient (Wildman–Crippen LogP) is 5.73. The zero-order valence-electron chi connectivity index (χ0n) is 13.6. The highest BCUT2D eigenvalue weighted by Gasteiger charge is 2.08. The Morgan fingerprint density at radius 2 is 1.56 bits per heavy atom. The van der Waals surface area contributed by atoms with Crippen molar-refractivity contribution in [1.82, 2.24) is 0 Å². The molecule has 0 saturated heterocycles. The van der Waals surface area contributed by atoms with E-state index < -0.39 is 5.97 Å². The maximum atomic E-state index is 12.1. The Balaban J connectivity index is 1.66. The Morgan fingerprint density at radius 1 is 0.920 bits per heavy atom. The molecule has 0 fully saturated rings. The van der Waals surface area contributed by atoms with Crippen molar-refractivity contribution in [1.29, 1.82) is 0 Å². The Hall–Kier alpha value is -2.72. The molecule has 0 aliphatic heterocycles. The van der Waals surface area contributed by atoms with Crippen LogP contribution in [0.15, 0.2) is 82.3 Å². The molecule has 3 rings (SSSR count). The van der Waals surface area contributed by atoms with E-state index in [1.807, 2.05) is 43.3 Å². The molecular weight excluding hydrogens is 378 g/mol. The van der Waals surface area contributed by atoms with Crippen molar-refractivity contribution < 1.29 is 9.53 Å². The van der Waals surface area contributed by atoms with Crippen LogP contribution in [-0.2, 0) is 0 Å². The minimum absolute atomic E-state index is 0.392. The molecule has 3 aromatic carbocycles. The van der Waals surface area contributed by atoms with Gasteiger partial charge in [-0.25, -0.2) is 4.79 Å². The van der Waals surface area contributed by atoms with Gasteiger partial charge in [0.2, 0.25) is 0 Å². The largest absolute Gasteiger partial charge is 0.423 e. The SMILES string of the molecule is Cc1ccc(C=Nc2ccc(C(=O)Oc3ccc(Br)cc3)cc2)cc1. The quantitative estimate of drug-likeness (QED) is 0.322. The van der Waals surface area contributed by atoms with E-state index in [2.05, 4.69) is 20.9 Å². The molecule has 0 radical (unpaired) electrons. The third-order valence-corrected chi connectivity index (χ3v) is 4.10. The van der Waals surface area contributed by atoms with E-state index in [9.17, 15) is 4.79 Å². The van der Waals surface area contributed by atoms with E-state index >= 15 is 0 Å². The maximum Gasteiger partial charge on any atom is 0.343 e. The van der Waals surface area contributed by atoms with Gasteiger partial charge in [-0.2, -0.15) is 0 Å². The van der Waals surface area contributed by atoms with Crippen LogP contribution in [0.5, 0.6) is 5.75 Å². The summed E-state index contributed by atoms with van der Waals surface area (Å²) in [5.41, 5.74) is 3.51. The molecule has 0 saturated carbocycles. The van der Waals surface area contributed by atoms with Gasteiger partial charge < -0.3 is 4.74 Å². The van der Waals surface area contributed by atoms with Crippen LogP contribution in [0.25, 0.3) is 0 Å². The summed E-state index contributed by atoms with van der Waals surface area (Å²) < 4.78 is 6.27. The molecule has 0 unspecified atom stereocenters. The van der Waals surface area contributed by atoms with Crippen molar-refractivity contribution in [3.63, 3.8) is 0 Å². The molecule has 3 nitrogen and oxygen atoms in total. The van der Waals surface area contributed by atoms with Gasteiger partial charge >= 0.3 is 5.97 Å². The highest BCUT2D eigenvalue weighted by Crippen LogP contribution is 2.19. The van der Waals surface area contributed by atoms with Crippen molar-refractivity contribution in [2.24, 2.45) is 4.99 Å². The number of esters is 1. The highest BCUT2D eigenvalue weighted by molar-refractivity contribution is 9.10. The van der Waals surface area contributed by atoms with Gasteiger partial charge in [-0.05, 0) is 61.0 Å². The fourth-order valence-corrected chi connectivity index (χ4v) is 2.42. The average molecular weight is 394 g/mol. The molecule has 0 bridgehead atoms. The van der Waals surface area contributed by atoms with Gasteiger partial charge in [0.05, 0.1) is 11.3 Å². The van der Waals surface area contributed by atoms with Crippen molar-refractivity contribution in [3.05, 3.63) is 94.0 Å². The molecule has 0 N–H and O–H groups in total. The summed E-state index contributed by atoms with van der Waals surface area (Å²) in [6.45, 7) is 2.05. The Kier molecular flexibility index (Phi) is 5.41. The third-order valence-electron chi connectivity index (χ3n) is 3.57.